The van der Waals surface area contributed by atoms with E-state index in [4.69, 9.17) is 5.73 Å². The summed E-state index contributed by atoms with van der Waals surface area (Å²) in [7, 11) is 0. The summed E-state index contributed by atoms with van der Waals surface area (Å²) in [5, 5.41) is 3.29. The van der Waals surface area contributed by atoms with Gasteiger partial charge in [-0.3, -0.25) is 0 Å². The van der Waals surface area contributed by atoms with Gasteiger partial charge in [0.1, 0.15) is 11.6 Å². The van der Waals surface area contributed by atoms with E-state index >= 15 is 0 Å². The maximum atomic E-state index is 5.86. The van der Waals surface area contributed by atoms with Gasteiger partial charge in [0.25, 0.3) is 0 Å². The third-order valence-electron chi connectivity index (χ3n) is 3.10. The van der Waals surface area contributed by atoms with Gasteiger partial charge in [-0.1, -0.05) is 30.3 Å². The van der Waals surface area contributed by atoms with E-state index in [0.29, 0.717) is 11.8 Å². The van der Waals surface area contributed by atoms with Crippen LogP contribution < -0.4 is 16.0 Å². The summed E-state index contributed by atoms with van der Waals surface area (Å²) in [5.74, 6) is 1.91. The molecule has 1 heterocycles. The Kier molecular flexibility index (Phi) is 4.76. The van der Waals surface area contributed by atoms with Crippen molar-refractivity contribution in [1.29, 1.82) is 0 Å². The van der Waals surface area contributed by atoms with Crippen LogP contribution in [-0.4, -0.2) is 23.1 Å². The second-order valence-electron chi connectivity index (χ2n) is 4.49. The molecule has 0 fully saturated rings. The molecule has 0 radical (unpaired) electrons. The van der Waals surface area contributed by atoms with Crippen molar-refractivity contribution in [1.82, 2.24) is 9.97 Å². The van der Waals surface area contributed by atoms with Crippen LogP contribution in [0.1, 0.15) is 19.4 Å². The summed E-state index contributed by atoms with van der Waals surface area (Å²) in [6, 6.07) is 12.0. The van der Waals surface area contributed by atoms with Gasteiger partial charge in [-0.05, 0) is 19.4 Å². The Bertz CT molecular complexity index is 537. The number of nitrogen functional groups attached to an aromatic ring is 1. The highest BCUT2D eigenvalue weighted by atomic mass is 15.3. The smallest absolute Gasteiger partial charge is 0.229 e. The van der Waals surface area contributed by atoms with Crippen LogP contribution in [0.15, 0.2) is 36.4 Å². The van der Waals surface area contributed by atoms with Crippen LogP contribution in [0, 0.1) is 0 Å². The zero-order valence-corrected chi connectivity index (χ0v) is 12.0. The van der Waals surface area contributed by atoms with Crippen molar-refractivity contribution >= 4 is 17.6 Å². The average molecular weight is 271 g/mol. The number of hydrogen-bond donors (Lipinski definition) is 2. The number of hydrogen-bond acceptors (Lipinski definition) is 5. The SMILES string of the molecule is CCN(CC)c1nc(N)cc(NCc2ccccc2)n1. The van der Waals surface area contributed by atoms with Gasteiger partial charge in [-0.15, -0.1) is 0 Å². The van der Waals surface area contributed by atoms with Gasteiger partial charge in [0.05, 0.1) is 0 Å². The number of nitrogens with two attached hydrogens (primary N) is 1. The molecule has 0 bridgehead atoms. The Morgan fingerprint density at radius 3 is 2.45 bits per heavy atom. The first kappa shape index (κ1) is 14.1. The highest BCUT2D eigenvalue weighted by Crippen LogP contribution is 2.15. The average Bonchev–Trinajstić information content (AvgIpc) is 2.47. The fourth-order valence-electron chi connectivity index (χ4n) is 1.98. The van der Waals surface area contributed by atoms with Gasteiger partial charge >= 0.3 is 0 Å². The largest absolute Gasteiger partial charge is 0.383 e. The number of nitrogens with zero attached hydrogens (tertiary/aromatic N) is 3. The van der Waals surface area contributed by atoms with E-state index < -0.39 is 0 Å². The van der Waals surface area contributed by atoms with Crippen molar-refractivity contribution in [3.05, 3.63) is 42.0 Å². The molecule has 20 heavy (non-hydrogen) atoms. The van der Waals surface area contributed by atoms with E-state index in [0.717, 1.165) is 25.5 Å². The molecular formula is C15H21N5. The number of nitrogens with one attached hydrogen (secondary N) is 1. The predicted molar refractivity (Wildman–Crippen MR) is 83.8 cm³/mol. The number of benzene rings is 1. The second-order valence-corrected chi connectivity index (χ2v) is 4.49. The fraction of sp³-hybridized carbons (Fsp3) is 0.333. The summed E-state index contributed by atoms with van der Waals surface area (Å²) in [6.45, 7) is 6.59. The Hall–Kier alpha value is -2.30. The highest BCUT2D eigenvalue weighted by Gasteiger charge is 2.08. The first-order valence-corrected chi connectivity index (χ1v) is 6.90. The number of anilines is 3. The maximum absolute atomic E-state index is 5.86. The van der Waals surface area contributed by atoms with Crippen molar-refractivity contribution in [2.24, 2.45) is 0 Å². The zero-order chi connectivity index (χ0) is 14.4. The molecule has 0 aliphatic heterocycles. The molecule has 0 saturated heterocycles. The van der Waals surface area contributed by atoms with E-state index in [1.54, 1.807) is 6.07 Å². The van der Waals surface area contributed by atoms with Crippen LogP contribution in [0.3, 0.4) is 0 Å². The van der Waals surface area contributed by atoms with Crippen LogP contribution >= 0.6 is 0 Å². The number of aromatic nitrogens is 2. The van der Waals surface area contributed by atoms with E-state index in [1.165, 1.54) is 5.56 Å². The molecule has 0 unspecified atom stereocenters. The third-order valence-corrected chi connectivity index (χ3v) is 3.10. The molecule has 5 heteroatoms. The van der Waals surface area contributed by atoms with Crippen molar-refractivity contribution in [2.45, 2.75) is 20.4 Å². The molecule has 1 aromatic carbocycles. The van der Waals surface area contributed by atoms with Crippen LogP contribution in [0.5, 0.6) is 0 Å². The quantitative estimate of drug-likeness (QED) is 0.845. The molecule has 0 amide bonds. The van der Waals surface area contributed by atoms with Crippen LogP contribution in [-0.2, 0) is 6.54 Å². The summed E-state index contributed by atoms with van der Waals surface area (Å²) in [6.07, 6.45) is 0. The molecule has 3 N–H and O–H groups in total. The van der Waals surface area contributed by atoms with E-state index in [1.807, 2.05) is 18.2 Å². The highest BCUT2D eigenvalue weighted by molar-refractivity contribution is 5.50. The minimum absolute atomic E-state index is 0.484. The van der Waals surface area contributed by atoms with Crippen molar-refractivity contribution < 1.29 is 0 Å². The number of rotatable bonds is 6. The van der Waals surface area contributed by atoms with E-state index in [-0.39, 0.29) is 0 Å². The Morgan fingerprint density at radius 2 is 1.80 bits per heavy atom. The first-order chi connectivity index (χ1) is 9.72. The zero-order valence-electron chi connectivity index (χ0n) is 12.0. The molecule has 5 nitrogen and oxygen atoms in total. The minimum atomic E-state index is 0.484. The van der Waals surface area contributed by atoms with Crippen molar-refractivity contribution in [3.63, 3.8) is 0 Å². The summed E-state index contributed by atoms with van der Waals surface area (Å²) >= 11 is 0. The minimum Gasteiger partial charge on any atom is -0.383 e. The molecule has 0 aliphatic carbocycles. The molecule has 0 saturated carbocycles. The van der Waals surface area contributed by atoms with Crippen LogP contribution in [0.4, 0.5) is 17.6 Å². The molecule has 0 spiro atoms. The maximum Gasteiger partial charge on any atom is 0.229 e. The fourth-order valence-corrected chi connectivity index (χ4v) is 1.98. The Labute approximate surface area is 119 Å². The Morgan fingerprint density at radius 1 is 1.10 bits per heavy atom. The molecule has 1 aromatic heterocycles. The molecular weight excluding hydrogens is 250 g/mol. The van der Waals surface area contributed by atoms with Gasteiger partial charge in [0, 0.05) is 25.7 Å². The second kappa shape index (κ2) is 6.75. The van der Waals surface area contributed by atoms with Gasteiger partial charge < -0.3 is 16.0 Å². The van der Waals surface area contributed by atoms with E-state index in [9.17, 15) is 0 Å². The summed E-state index contributed by atoms with van der Waals surface area (Å²) in [5.41, 5.74) is 7.06. The topological polar surface area (TPSA) is 67.1 Å². The third kappa shape index (κ3) is 3.60. The standard InChI is InChI=1S/C15H21N5/c1-3-20(4-2)15-18-13(16)10-14(19-15)17-11-12-8-6-5-7-9-12/h5-10H,3-4,11H2,1-2H3,(H3,16,17,18,19). The van der Waals surface area contributed by atoms with Gasteiger partial charge in [0.15, 0.2) is 0 Å². The predicted octanol–water partition coefficient (Wildman–Crippen LogP) is 2.52. The summed E-state index contributed by atoms with van der Waals surface area (Å²) in [4.78, 5) is 10.9. The molecule has 0 atom stereocenters. The monoisotopic (exact) mass is 271 g/mol. The first-order valence-electron chi connectivity index (χ1n) is 6.90. The normalized spacial score (nSPS) is 10.3. The van der Waals surface area contributed by atoms with E-state index in [2.05, 4.69) is 46.2 Å². The van der Waals surface area contributed by atoms with Gasteiger partial charge in [-0.2, -0.15) is 9.97 Å². The van der Waals surface area contributed by atoms with Crippen molar-refractivity contribution in [3.8, 4) is 0 Å². The van der Waals surface area contributed by atoms with Crippen LogP contribution in [0.25, 0.3) is 0 Å². The lowest BCUT2D eigenvalue weighted by Gasteiger charge is -2.19. The lowest BCUT2D eigenvalue weighted by atomic mass is 10.2. The molecule has 2 aromatic rings. The summed E-state index contributed by atoms with van der Waals surface area (Å²) < 4.78 is 0. The van der Waals surface area contributed by atoms with Gasteiger partial charge in [-0.25, -0.2) is 0 Å². The molecule has 2 rings (SSSR count). The Balaban J connectivity index is 2.12. The molecule has 0 aliphatic rings. The van der Waals surface area contributed by atoms with Crippen LogP contribution in [0.2, 0.25) is 0 Å². The van der Waals surface area contributed by atoms with Gasteiger partial charge in [0.2, 0.25) is 5.95 Å². The lowest BCUT2D eigenvalue weighted by Crippen LogP contribution is -2.24. The molecule has 106 valence electrons. The lowest BCUT2D eigenvalue weighted by molar-refractivity contribution is 0.822. The van der Waals surface area contributed by atoms with Crippen molar-refractivity contribution in [2.75, 3.05) is 29.0 Å².